The lowest BCUT2D eigenvalue weighted by Gasteiger charge is -2.74. The van der Waals surface area contributed by atoms with Gasteiger partial charge in [-0.25, -0.2) is 19.2 Å². The molecule has 20 heteroatoms. The molecule has 0 aliphatic heterocycles. The van der Waals surface area contributed by atoms with Crippen molar-refractivity contribution in [3.8, 4) is 0 Å². The van der Waals surface area contributed by atoms with Crippen LogP contribution in [0.15, 0.2) is 0 Å². The summed E-state index contributed by atoms with van der Waals surface area (Å²) in [5.41, 5.74) is -5.88. The molecule has 804 valence electrons. The monoisotopic (exact) mass is 1960 g/mol. The molecule has 0 amide bonds. The molecule has 20 bridgehead atoms. The van der Waals surface area contributed by atoms with Gasteiger partial charge in [-0.15, -0.1) is 0 Å². The molecule has 1 unspecified atom stereocenters. The van der Waals surface area contributed by atoms with E-state index in [2.05, 4.69) is 55.4 Å². The summed E-state index contributed by atoms with van der Waals surface area (Å²) >= 11 is 0. The van der Waals surface area contributed by atoms with E-state index in [0.29, 0.717) is 44.4 Å². The van der Waals surface area contributed by atoms with Crippen LogP contribution in [0.3, 0.4) is 0 Å². The molecule has 139 heavy (non-hydrogen) atoms. The van der Waals surface area contributed by atoms with Crippen molar-refractivity contribution in [2.24, 2.45) is 149 Å². The van der Waals surface area contributed by atoms with Gasteiger partial charge in [0.25, 0.3) is 0 Å². The zero-order chi connectivity index (χ0) is 105. The van der Waals surface area contributed by atoms with E-state index in [1.54, 1.807) is 13.8 Å². The van der Waals surface area contributed by atoms with Gasteiger partial charge in [-0.2, -0.15) is 0 Å². The quantitative estimate of drug-likeness (QED) is 0.0336. The van der Waals surface area contributed by atoms with E-state index in [1.165, 1.54) is 167 Å². The number of ether oxygens (including phenoxy) is 10. The van der Waals surface area contributed by atoms with Gasteiger partial charge in [-0.05, 0) is 458 Å². The molecule has 20 nitrogen and oxygen atoms in total. The lowest BCUT2D eigenvalue weighted by atomic mass is 9.31. The minimum absolute atomic E-state index is 0.0835. The van der Waals surface area contributed by atoms with Crippen molar-refractivity contribution in [3.63, 3.8) is 0 Å². The van der Waals surface area contributed by atoms with E-state index in [0.717, 1.165) is 120 Å². The zero-order valence-electron chi connectivity index (χ0n) is 95.8. The number of rotatable bonds is 33. The van der Waals surface area contributed by atoms with Gasteiger partial charge in [0.2, 0.25) is 5.60 Å². The molecule has 0 spiro atoms. The smallest absolute Gasteiger partial charge is 0.350 e. The molecular weight excluding hydrogens is 1750 g/mol. The Labute approximate surface area is 847 Å². The summed E-state index contributed by atoms with van der Waals surface area (Å²) in [6.45, 7) is 71.8. The van der Waals surface area contributed by atoms with Crippen LogP contribution in [-0.2, 0) is 95.3 Å². The van der Waals surface area contributed by atoms with Crippen molar-refractivity contribution in [3.05, 3.63) is 0 Å². The summed E-state index contributed by atoms with van der Waals surface area (Å²) < 4.78 is 56.3. The first-order valence-corrected chi connectivity index (χ1v) is 56.8. The maximum Gasteiger partial charge on any atom is 0.350 e. The van der Waals surface area contributed by atoms with Gasteiger partial charge in [0.1, 0.15) is 28.0 Å². The van der Waals surface area contributed by atoms with Gasteiger partial charge in [-0.1, -0.05) is 124 Å². The zero-order valence-corrected chi connectivity index (χ0v) is 95.8. The Morgan fingerprint density at radius 1 is 0.245 bits per heavy atom. The largest absolute Gasteiger partial charge is 0.465 e. The molecule has 0 aromatic heterocycles. The average molecular weight is 1960 g/mol. The van der Waals surface area contributed by atoms with Gasteiger partial charge in [-0.3, -0.25) is 28.8 Å². The van der Waals surface area contributed by atoms with Gasteiger partial charge in [0.15, 0.2) is 19.8 Å². The van der Waals surface area contributed by atoms with Crippen molar-refractivity contribution in [1.82, 2.24) is 0 Å². The first-order valence-electron chi connectivity index (χ1n) is 56.8. The maximum absolute atomic E-state index is 13.0. The molecule has 20 aliphatic carbocycles. The van der Waals surface area contributed by atoms with Crippen LogP contribution in [0.2, 0.25) is 0 Å². The summed E-state index contributed by atoms with van der Waals surface area (Å²) in [4.78, 5) is 123. The second-order valence-corrected chi connectivity index (χ2v) is 51.1. The number of carbonyl (C=O) groups is 10. The first kappa shape index (κ1) is 122. The topological polar surface area (TPSA) is 263 Å². The molecule has 20 aliphatic rings. The van der Waals surface area contributed by atoms with E-state index < -0.39 is 84.6 Å². The first-order chi connectivity index (χ1) is 64.8. The molecule has 20 saturated carbocycles. The van der Waals surface area contributed by atoms with Gasteiger partial charge < -0.3 is 47.4 Å². The standard InChI is InChI=1S/C25H38O4.2C23H38O4.C21H34O4.C17H30O4.5C2H6/c1-6-23(2,3)22(27)28-13-21(26)29-24(4,5)25-10-18-15-7-14-8-16(18)20(12-25)17(9-14)19(15)11-25;1-8-20(2,3)18(24)26-21(4,5)19(25)27-22(6,7)23-12-15-9-16(13-23)11-17(10-15)14-23;1-6-21(2,3)20(25)26-9-7-8-19(24)27-22(4,5)23-13-16-10-17(14-23)12-18(11-16)15-23;1-6-19(2,3)18(23)24-13-17(22)25-20(4,5)21-10-14-7-15(11-21)9-16(8-14)12-21;1-6-16(3,4)15(19)20-12-14(18)21-17(5,7-2)13-10-8-9-11-13;5*1-2/h14-20H,6-13H2,1-5H3;15-17H,8-14H2,1-7H3;16-18H,6-15H2,1-5H3;14-16H,6-13H2,1-5H3;13H,6-12H2,1-5H3;5*1-2H3. The molecule has 0 aromatic carbocycles. The minimum Gasteiger partial charge on any atom is -0.465 e. The van der Waals surface area contributed by atoms with Crippen LogP contribution in [0, 0.1) is 149 Å². The lowest BCUT2D eigenvalue weighted by molar-refractivity contribution is -0.273. The van der Waals surface area contributed by atoms with E-state index in [9.17, 15) is 47.9 Å². The van der Waals surface area contributed by atoms with Crippen molar-refractivity contribution in [2.45, 2.75) is 521 Å². The molecule has 20 fully saturated rings. The Kier molecular flexibility index (Phi) is 43.6. The third-order valence-corrected chi connectivity index (χ3v) is 38.7. The Balaban J connectivity index is 0.000000261. The van der Waals surface area contributed by atoms with Crippen LogP contribution in [-0.4, -0.2) is 120 Å². The lowest BCUT2D eigenvalue weighted by Crippen LogP contribution is -2.69. The van der Waals surface area contributed by atoms with Gasteiger partial charge in [0.05, 0.1) is 33.7 Å². The third kappa shape index (κ3) is 28.6. The molecule has 20 rings (SSSR count). The normalized spacial score (nSPS) is 31.2. The Morgan fingerprint density at radius 3 is 0.748 bits per heavy atom. The van der Waals surface area contributed by atoms with Crippen LogP contribution in [0.25, 0.3) is 0 Å². The van der Waals surface area contributed by atoms with E-state index in [4.69, 9.17) is 47.4 Å². The summed E-state index contributed by atoms with van der Waals surface area (Å²) in [6.07, 6.45) is 40.9. The fraction of sp³-hybridized carbons (Fsp3) is 0.916. The van der Waals surface area contributed by atoms with Crippen LogP contribution in [0.1, 0.15) is 487 Å². The molecule has 0 heterocycles. The van der Waals surface area contributed by atoms with Crippen molar-refractivity contribution in [2.75, 3.05) is 26.4 Å². The van der Waals surface area contributed by atoms with E-state index >= 15 is 0 Å². The molecule has 0 radical (unpaired) electrons. The average Bonchev–Trinajstić information content (AvgIpc) is 1.44. The minimum atomic E-state index is -1.27. The summed E-state index contributed by atoms with van der Waals surface area (Å²) in [5, 5.41) is 0. The predicted molar refractivity (Wildman–Crippen MR) is 554 cm³/mol. The Hall–Kier alpha value is -5.30. The second-order valence-electron chi connectivity index (χ2n) is 51.1. The summed E-state index contributed by atoms with van der Waals surface area (Å²) in [6, 6.07) is 0. The van der Waals surface area contributed by atoms with Gasteiger partial charge >= 0.3 is 59.7 Å². The fourth-order valence-corrected chi connectivity index (χ4v) is 28.9. The molecule has 0 saturated heterocycles. The number of hydrogen-bond donors (Lipinski definition) is 0. The van der Waals surface area contributed by atoms with E-state index in [-0.39, 0.29) is 83.9 Å². The van der Waals surface area contributed by atoms with Crippen LogP contribution in [0.4, 0.5) is 0 Å². The maximum atomic E-state index is 13.0. The molecule has 0 aromatic rings. The van der Waals surface area contributed by atoms with Crippen LogP contribution < -0.4 is 0 Å². The highest BCUT2D eigenvalue weighted by atomic mass is 16.6. The van der Waals surface area contributed by atoms with Crippen LogP contribution in [0.5, 0.6) is 0 Å². The molecular formula is C119H208O20. The summed E-state index contributed by atoms with van der Waals surface area (Å²) in [5.74, 6) is 10.9. The van der Waals surface area contributed by atoms with Gasteiger partial charge in [0, 0.05) is 28.1 Å². The van der Waals surface area contributed by atoms with Crippen molar-refractivity contribution >= 4 is 59.7 Å². The highest BCUT2D eigenvalue weighted by Crippen LogP contribution is 2.77. The number of esters is 10. The van der Waals surface area contributed by atoms with E-state index in [1.807, 2.05) is 187 Å². The second kappa shape index (κ2) is 49.5. The highest BCUT2D eigenvalue weighted by Gasteiger charge is 2.71. The number of carbonyl (C=O) groups excluding carboxylic acids is 10. The molecule has 1 atom stereocenters. The van der Waals surface area contributed by atoms with Crippen molar-refractivity contribution < 1.29 is 95.3 Å². The third-order valence-electron chi connectivity index (χ3n) is 38.7. The molecule has 0 N–H and O–H groups in total. The predicted octanol–water partition coefficient (Wildman–Crippen LogP) is 29.1. The van der Waals surface area contributed by atoms with Crippen molar-refractivity contribution in [1.29, 1.82) is 0 Å². The van der Waals surface area contributed by atoms with Crippen LogP contribution >= 0.6 is 0 Å². The highest BCUT2D eigenvalue weighted by molar-refractivity contribution is 5.85. The number of hydrogen-bond acceptors (Lipinski definition) is 20. The Morgan fingerprint density at radius 2 is 0.482 bits per heavy atom. The Bertz CT molecular complexity index is 3820. The fourth-order valence-electron chi connectivity index (χ4n) is 28.9. The summed E-state index contributed by atoms with van der Waals surface area (Å²) in [7, 11) is 0. The SMILES string of the molecule is CC.CC.CC.CC.CC.CCC(C)(C)C(=O)OC(C)(C)C(=O)OC(C)(C)C12CC3CC(CC(C3)C1)C2.CCC(C)(C)C(=O)OCC(=O)OC(C)(C)C12CC3C4CC5CC3C(C1)C(C5)C4C2.CCC(C)(C)C(=O)OCC(=O)OC(C)(C)C12CC3CC(CC(C3)C1)C2.CCC(C)(C)C(=O)OCC(=O)OC(C)(CC)C1CCCC1.CCC(C)(C)C(=O)OCCCC(=O)OC(C)(C)C12CC3CC(CC(C3)C1)C2.